The second-order valence-electron chi connectivity index (χ2n) is 9.53. The van der Waals surface area contributed by atoms with E-state index in [1.54, 1.807) is 0 Å². The Morgan fingerprint density at radius 2 is 1.03 bits per heavy atom. The van der Waals surface area contributed by atoms with Crippen molar-refractivity contribution in [1.29, 1.82) is 0 Å². The summed E-state index contributed by atoms with van der Waals surface area (Å²) in [6.07, 6.45) is 2.64. The molecule has 6 nitrogen and oxygen atoms in total. The molecule has 3 aromatic rings. The molecule has 0 unspecified atom stereocenters. The maximum Gasteiger partial charge on any atom is 0.231 e. The number of para-hydroxylation sites is 3. The number of hydrogen-bond acceptors (Lipinski definition) is 3. The van der Waals surface area contributed by atoms with Gasteiger partial charge in [0.15, 0.2) is 0 Å². The van der Waals surface area contributed by atoms with Crippen LogP contribution in [0.15, 0.2) is 91.0 Å². The lowest BCUT2D eigenvalue weighted by Crippen LogP contribution is -2.60. The number of amides is 3. The Bertz CT molecular complexity index is 1190. The minimum atomic E-state index is -0.956. The summed E-state index contributed by atoms with van der Waals surface area (Å²) in [6.45, 7) is 0. The van der Waals surface area contributed by atoms with Crippen LogP contribution in [-0.4, -0.2) is 17.7 Å². The lowest BCUT2D eigenvalue weighted by Gasteiger charge is -2.53. The zero-order chi connectivity index (χ0) is 24.3. The Morgan fingerprint density at radius 3 is 1.51 bits per heavy atom. The SMILES string of the molecule is O=C(Nc1ccccc1)[C@@H]1C2CCC(C(=O)Nc3ccccc3)(CC2)[C@@H]1C(=O)Nc1ccccc1. The molecule has 0 aromatic heterocycles. The van der Waals surface area contributed by atoms with E-state index in [9.17, 15) is 14.4 Å². The molecule has 3 aliphatic rings. The third-order valence-corrected chi connectivity index (χ3v) is 7.54. The van der Waals surface area contributed by atoms with Crippen LogP contribution in [0.1, 0.15) is 25.7 Å². The van der Waals surface area contributed by atoms with Gasteiger partial charge in [-0.25, -0.2) is 0 Å². The normalized spacial score (nSPS) is 24.9. The average molecular weight is 468 g/mol. The quantitative estimate of drug-likeness (QED) is 0.458. The Hall–Kier alpha value is -3.93. The first-order valence-electron chi connectivity index (χ1n) is 12.2. The third kappa shape index (κ3) is 4.56. The summed E-state index contributed by atoms with van der Waals surface area (Å²) in [5.74, 6) is -1.99. The molecule has 2 atom stereocenters. The Kier molecular flexibility index (Phi) is 6.36. The largest absolute Gasteiger partial charge is 0.326 e. The highest BCUT2D eigenvalue weighted by Gasteiger charge is 2.61. The maximum absolute atomic E-state index is 13.8. The summed E-state index contributed by atoms with van der Waals surface area (Å²) in [5, 5.41) is 9.03. The molecular weight excluding hydrogens is 438 g/mol. The van der Waals surface area contributed by atoms with Crippen LogP contribution in [0.5, 0.6) is 0 Å². The molecule has 0 saturated heterocycles. The highest BCUT2D eigenvalue weighted by molar-refractivity contribution is 6.06. The van der Waals surface area contributed by atoms with E-state index in [1.807, 2.05) is 91.0 Å². The molecule has 178 valence electrons. The Balaban J connectivity index is 1.49. The van der Waals surface area contributed by atoms with E-state index >= 15 is 0 Å². The van der Waals surface area contributed by atoms with Crippen molar-refractivity contribution in [2.24, 2.45) is 23.2 Å². The van der Waals surface area contributed by atoms with E-state index in [0.29, 0.717) is 29.9 Å². The zero-order valence-electron chi connectivity index (χ0n) is 19.4. The van der Waals surface area contributed by atoms with Crippen LogP contribution >= 0.6 is 0 Å². The van der Waals surface area contributed by atoms with E-state index < -0.39 is 17.3 Å². The Labute approximate surface area is 205 Å². The molecule has 3 aliphatic carbocycles. The van der Waals surface area contributed by atoms with Crippen molar-refractivity contribution in [3.63, 3.8) is 0 Å². The average Bonchev–Trinajstić information content (AvgIpc) is 2.90. The predicted octanol–water partition coefficient (Wildman–Crippen LogP) is 5.33. The number of nitrogens with one attached hydrogen (secondary N) is 3. The lowest BCUT2D eigenvalue weighted by molar-refractivity contribution is -0.158. The smallest absolute Gasteiger partial charge is 0.231 e. The van der Waals surface area contributed by atoms with Gasteiger partial charge in [0.2, 0.25) is 17.7 Å². The number of benzene rings is 3. The summed E-state index contributed by atoms with van der Waals surface area (Å²) in [6, 6.07) is 27.7. The van der Waals surface area contributed by atoms with Gasteiger partial charge in [0.05, 0.1) is 17.3 Å². The van der Waals surface area contributed by atoms with E-state index in [1.165, 1.54) is 0 Å². The standard InChI is InChI=1S/C29H29N3O3/c33-26(30-21-10-4-1-5-11-21)24-20-16-18-29(19-17-20,28(35)32-23-14-8-3-9-15-23)25(24)27(34)31-22-12-6-2-7-13-22/h1-15,20,24-25H,16-19H2,(H,30,33)(H,31,34)(H,32,35)/t20?,24-,25+,29?/m1/s1. The fraction of sp³-hybridized carbons (Fsp3) is 0.276. The highest BCUT2D eigenvalue weighted by Crippen LogP contribution is 2.57. The number of rotatable bonds is 6. The first kappa shape index (κ1) is 22.8. The van der Waals surface area contributed by atoms with Crippen LogP contribution in [0.3, 0.4) is 0 Å². The second kappa shape index (κ2) is 9.74. The molecule has 0 heterocycles. The number of carbonyl (C=O) groups is 3. The van der Waals surface area contributed by atoms with Gasteiger partial charge in [0.1, 0.15) is 0 Å². The van der Waals surface area contributed by atoms with Gasteiger partial charge < -0.3 is 16.0 Å². The van der Waals surface area contributed by atoms with E-state index in [2.05, 4.69) is 16.0 Å². The number of fused-ring (bicyclic) bond motifs is 3. The Morgan fingerprint density at radius 1 is 0.600 bits per heavy atom. The zero-order valence-corrected chi connectivity index (χ0v) is 19.4. The van der Waals surface area contributed by atoms with Gasteiger partial charge in [-0.2, -0.15) is 0 Å². The van der Waals surface area contributed by atoms with Crippen molar-refractivity contribution < 1.29 is 14.4 Å². The minimum Gasteiger partial charge on any atom is -0.326 e. The number of anilines is 3. The van der Waals surface area contributed by atoms with Gasteiger partial charge in [0, 0.05) is 17.1 Å². The first-order valence-corrected chi connectivity index (χ1v) is 12.2. The van der Waals surface area contributed by atoms with Crippen LogP contribution in [0.2, 0.25) is 0 Å². The van der Waals surface area contributed by atoms with Crippen LogP contribution in [0.4, 0.5) is 17.1 Å². The highest BCUT2D eigenvalue weighted by atomic mass is 16.2. The van der Waals surface area contributed by atoms with Crippen molar-refractivity contribution >= 4 is 34.8 Å². The van der Waals surface area contributed by atoms with Crippen LogP contribution < -0.4 is 16.0 Å². The molecule has 3 aromatic carbocycles. The topological polar surface area (TPSA) is 87.3 Å². The van der Waals surface area contributed by atoms with Crippen LogP contribution in [0, 0.1) is 23.2 Å². The molecule has 2 bridgehead atoms. The summed E-state index contributed by atoms with van der Waals surface area (Å²) in [4.78, 5) is 41.3. The molecule has 6 heteroatoms. The number of hydrogen-bond donors (Lipinski definition) is 3. The molecule has 3 fully saturated rings. The first-order chi connectivity index (χ1) is 17.1. The summed E-state index contributed by atoms with van der Waals surface area (Å²) in [7, 11) is 0. The van der Waals surface area contributed by atoms with Gasteiger partial charge in [-0.15, -0.1) is 0 Å². The van der Waals surface area contributed by atoms with Crippen molar-refractivity contribution in [2.45, 2.75) is 25.7 Å². The summed E-state index contributed by atoms with van der Waals surface area (Å²) >= 11 is 0. The van der Waals surface area contributed by atoms with Gasteiger partial charge in [-0.05, 0) is 68.0 Å². The molecule has 0 spiro atoms. The predicted molar refractivity (Wildman–Crippen MR) is 137 cm³/mol. The van der Waals surface area contributed by atoms with Crippen LogP contribution in [0.25, 0.3) is 0 Å². The summed E-state index contributed by atoms with van der Waals surface area (Å²) < 4.78 is 0. The molecule has 0 aliphatic heterocycles. The molecule has 6 rings (SSSR count). The van der Waals surface area contributed by atoms with Crippen molar-refractivity contribution in [1.82, 2.24) is 0 Å². The maximum atomic E-state index is 13.8. The van der Waals surface area contributed by atoms with E-state index in [4.69, 9.17) is 0 Å². The molecule has 3 amide bonds. The van der Waals surface area contributed by atoms with E-state index in [0.717, 1.165) is 12.8 Å². The van der Waals surface area contributed by atoms with Crippen molar-refractivity contribution in [3.8, 4) is 0 Å². The third-order valence-electron chi connectivity index (χ3n) is 7.54. The number of carbonyl (C=O) groups excluding carboxylic acids is 3. The van der Waals surface area contributed by atoms with Crippen LogP contribution in [-0.2, 0) is 14.4 Å². The minimum absolute atomic E-state index is 0.0524. The van der Waals surface area contributed by atoms with Gasteiger partial charge in [-0.1, -0.05) is 54.6 Å². The molecule has 3 saturated carbocycles. The molecule has 0 radical (unpaired) electrons. The second-order valence-corrected chi connectivity index (χ2v) is 9.53. The van der Waals surface area contributed by atoms with Crippen molar-refractivity contribution in [3.05, 3.63) is 91.0 Å². The van der Waals surface area contributed by atoms with Gasteiger partial charge in [-0.3, -0.25) is 14.4 Å². The fourth-order valence-electron chi connectivity index (χ4n) is 5.85. The van der Waals surface area contributed by atoms with E-state index in [-0.39, 0.29) is 23.6 Å². The fourth-order valence-corrected chi connectivity index (χ4v) is 5.85. The molecular formula is C29H29N3O3. The molecule has 3 N–H and O–H groups in total. The van der Waals surface area contributed by atoms with Gasteiger partial charge >= 0.3 is 0 Å². The van der Waals surface area contributed by atoms with Gasteiger partial charge in [0.25, 0.3) is 0 Å². The lowest BCUT2D eigenvalue weighted by atomic mass is 9.49. The monoisotopic (exact) mass is 467 g/mol. The molecule has 35 heavy (non-hydrogen) atoms. The summed E-state index contributed by atoms with van der Waals surface area (Å²) in [5.41, 5.74) is 1.07. The van der Waals surface area contributed by atoms with Crippen molar-refractivity contribution in [2.75, 3.05) is 16.0 Å².